The molecule has 0 aromatic heterocycles. The van der Waals surface area contributed by atoms with Gasteiger partial charge >= 0.3 is 0 Å². The van der Waals surface area contributed by atoms with Crippen LogP contribution in [-0.2, 0) is 4.79 Å². The first-order valence-electron chi connectivity index (χ1n) is 5.32. The Morgan fingerprint density at radius 1 is 1.38 bits per heavy atom. The van der Waals surface area contributed by atoms with Crippen molar-refractivity contribution in [3.8, 4) is 0 Å². The molecule has 13 heavy (non-hydrogen) atoms. The van der Waals surface area contributed by atoms with E-state index in [0.29, 0.717) is 12.5 Å². The second-order valence-corrected chi connectivity index (χ2v) is 4.63. The molecule has 0 radical (unpaired) electrons. The number of carbonyl (C=O) groups excluding carboxylic acids is 1. The summed E-state index contributed by atoms with van der Waals surface area (Å²) in [5.41, 5.74) is 0. The van der Waals surface area contributed by atoms with Crippen LogP contribution in [-0.4, -0.2) is 43.1 Å². The third-order valence-corrected chi connectivity index (χ3v) is 3.72. The Bertz CT molecular complexity index is 217. The van der Waals surface area contributed by atoms with Gasteiger partial charge in [0.15, 0.2) is 0 Å². The van der Waals surface area contributed by atoms with E-state index in [1.165, 1.54) is 25.8 Å². The SMILES string of the molecule is C[N@@+]12CCCC[C@@H]1CNC(=O)CC2. The fourth-order valence-electron chi connectivity index (χ4n) is 2.64. The Morgan fingerprint density at radius 3 is 3.08 bits per heavy atom. The van der Waals surface area contributed by atoms with Gasteiger partial charge < -0.3 is 9.80 Å². The molecule has 0 bridgehead atoms. The van der Waals surface area contributed by atoms with E-state index in [0.717, 1.165) is 17.6 Å². The first-order valence-corrected chi connectivity index (χ1v) is 5.32. The normalized spacial score (nSPS) is 40.4. The van der Waals surface area contributed by atoms with E-state index in [2.05, 4.69) is 12.4 Å². The highest BCUT2D eigenvalue weighted by atomic mass is 16.1. The number of amides is 1. The van der Waals surface area contributed by atoms with Crippen molar-refractivity contribution in [2.24, 2.45) is 0 Å². The maximum absolute atomic E-state index is 11.2. The summed E-state index contributed by atoms with van der Waals surface area (Å²) in [4.78, 5) is 11.2. The fraction of sp³-hybridized carbons (Fsp3) is 0.900. The van der Waals surface area contributed by atoms with Gasteiger partial charge in [0.25, 0.3) is 0 Å². The van der Waals surface area contributed by atoms with Crippen LogP contribution in [0.4, 0.5) is 0 Å². The van der Waals surface area contributed by atoms with E-state index in [9.17, 15) is 4.79 Å². The quantitative estimate of drug-likeness (QED) is 0.545. The predicted octanol–water partition coefficient (Wildman–Crippen LogP) is 0.505. The lowest BCUT2D eigenvalue weighted by atomic mass is 9.99. The molecule has 3 nitrogen and oxygen atoms in total. The molecule has 0 spiro atoms. The molecule has 0 aliphatic carbocycles. The van der Waals surface area contributed by atoms with E-state index >= 15 is 0 Å². The summed E-state index contributed by atoms with van der Waals surface area (Å²) in [7, 11) is 2.31. The topological polar surface area (TPSA) is 29.1 Å². The number of hydrogen-bond acceptors (Lipinski definition) is 1. The molecule has 0 saturated carbocycles. The number of nitrogens with one attached hydrogen (secondary N) is 1. The molecular formula is C10H19N2O+. The van der Waals surface area contributed by atoms with Crippen LogP contribution < -0.4 is 5.32 Å². The van der Waals surface area contributed by atoms with Crippen LogP contribution in [0.2, 0.25) is 0 Å². The summed E-state index contributed by atoms with van der Waals surface area (Å²) in [6.07, 6.45) is 4.68. The third-order valence-electron chi connectivity index (χ3n) is 3.72. The van der Waals surface area contributed by atoms with Crippen LogP contribution >= 0.6 is 0 Å². The van der Waals surface area contributed by atoms with Crippen molar-refractivity contribution in [3.63, 3.8) is 0 Å². The van der Waals surface area contributed by atoms with E-state index in [1.807, 2.05) is 0 Å². The Morgan fingerprint density at radius 2 is 2.23 bits per heavy atom. The summed E-state index contributed by atoms with van der Waals surface area (Å²) in [5.74, 6) is 0.244. The van der Waals surface area contributed by atoms with Crippen LogP contribution in [0.3, 0.4) is 0 Å². The van der Waals surface area contributed by atoms with Gasteiger partial charge in [0.05, 0.1) is 33.1 Å². The van der Waals surface area contributed by atoms with Crippen molar-refractivity contribution in [2.75, 3.05) is 26.7 Å². The minimum absolute atomic E-state index is 0.244. The Labute approximate surface area is 79.7 Å². The van der Waals surface area contributed by atoms with E-state index in [1.54, 1.807) is 0 Å². The van der Waals surface area contributed by atoms with Crippen molar-refractivity contribution >= 4 is 5.91 Å². The Balaban J connectivity index is 2.11. The van der Waals surface area contributed by atoms with Gasteiger partial charge in [-0.1, -0.05) is 0 Å². The lowest BCUT2D eigenvalue weighted by molar-refractivity contribution is -0.935. The number of fused-ring (bicyclic) bond motifs is 1. The zero-order chi connectivity index (χ0) is 9.31. The molecule has 0 unspecified atom stereocenters. The first-order chi connectivity index (χ1) is 6.21. The molecule has 2 aliphatic rings. The first kappa shape index (κ1) is 9.00. The van der Waals surface area contributed by atoms with E-state index in [4.69, 9.17) is 0 Å². The van der Waals surface area contributed by atoms with Crippen molar-refractivity contribution in [1.82, 2.24) is 5.32 Å². The molecule has 0 aromatic rings. The van der Waals surface area contributed by atoms with Crippen molar-refractivity contribution in [3.05, 3.63) is 0 Å². The summed E-state index contributed by atoms with van der Waals surface area (Å²) >= 11 is 0. The molecule has 1 N–H and O–H groups in total. The highest BCUT2D eigenvalue weighted by Gasteiger charge is 2.37. The maximum atomic E-state index is 11.2. The van der Waals surface area contributed by atoms with Crippen molar-refractivity contribution < 1.29 is 9.28 Å². The summed E-state index contributed by atoms with van der Waals surface area (Å²) in [5, 5.41) is 3.01. The number of carbonyl (C=O) groups is 1. The third kappa shape index (κ3) is 1.70. The zero-order valence-corrected chi connectivity index (χ0v) is 8.38. The maximum Gasteiger partial charge on any atom is 0.225 e. The average Bonchev–Trinajstić information content (AvgIpc) is 2.27. The molecule has 0 aromatic carbocycles. The largest absolute Gasteiger partial charge is 0.350 e. The molecule has 2 fully saturated rings. The second-order valence-electron chi connectivity index (χ2n) is 4.63. The standard InChI is InChI=1S/C10H18N2O/c1-12-6-3-2-4-9(12)8-11-10(13)5-7-12/h9H,2-8H2,1H3/p+1/t9-,12+/m1/s1. The number of hydrogen-bond donors (Lipinski definition) is 1. The highest BCUT2D eigenvalue weighted by Crippen LogP contribution is 2.25. The number of nitrogens with zero attached hydrogens (tertiary/aromatic N) is 1. The Hall–Kier alpha value is -0.570. The second kappa shape index (κ2) is 3.29. The van der Waals surface area contributed by atoms with Crippen molar-refractivity contribution in [1.29, 1.82) is 0 Å². The van der Waals surface area contributed by atoms with Crippen LogP contribution in [0, 0.1) is 0 Å². The van der Waals surface area contributed by atoms with Crippen molar-refractivity contribution in [2.45, 2.75) is 31.7 Å². The van der Waals surface area contributed by atoms with Gasteiger partial charge in [-0.25, -0.2) is 0 Å². The van der Waals surface area contributed by atoms with E-state index in [-0.39, 0.29) is 5.91 Å². The van der Waals surface area contributed by atoms with Gasteiger partial charge in [0, 0.05) is 6.42 Å². The zero-order valence-electron chi connectivity index (χ0n) is 8.38. The minimum Gasteiger partial charge on any atom is -0.350 e. The smallest absolute Gasteiger partial charge is 0.225 e. The number of likely N-dealkylation sites (N-methyl/N-ethyl adjacent to an activating group) is 1. The van der Waals surface area contributed by atoms with Gasteiger partial charge in [-0.2, -0.15) is 0 Å². The van der Waals surface area contributed by atoms with Gasteiger partial charge in [-0.15, -0.1) is 0 Å². The van der Waals surface area contributed by atoms with E-state index < -0.39 is 0 Å². The molecule has 2 aliphatic heterocycles. The van der Waals surface area contributed by atoms with Crippen LogP contribution in [0.15, 0.2) is 0 Å². The average molecular weight is 183 g/mol. The lowest BCUT2D eigenvalue weighted by Crippen LogP contribution is -2.57. The van der Waals surface area contributed by atoms with Crippen LogP contribution in [0.5, 0.6) is 0 Å². The predicted molar refractivity (Wildman–Crippen MR) is 51.2 cm³/mol. The lowest BCUT2D eigenvalue weighted by Gasteiger charge is -2.43. The molecule has 74 valence electrons. The molecule has 2 saturated heterocycles. The number of quaternary nitrogens is 1. The highest BCUT2D eigenvalue weighted by molar-refractivity contribution is 5.76. The van der Waals surface area contributed by atoms with Crippen LogP contribution in [0.1, 0.15) is 25.7 Å². The number of piperidine rings is 1. The molecule has 3 heteroatoms. The number of rotatable bonds is 0. The fourth-order valence-corrected chi connectivity index (χ4v) is 2.64. The summed E-state index contributed by atoms with van der Waals surface area (Å²) in [6, 6.07) is 0.681. The minimum atomic E-state index is 0.244. The molecule has 2 atom stereocenters. The van der Waals surface area contributed by atoms with Gasteiger partial charge in [0.2, 0.25) is 5.91 Å². The van der Waals surface area contributed by atoms with Gasteiger partial charge in [0.1, 0.15) is 6.04 Å². The van der Waals surface area contributed by atoms with Crippen LogP contribution in [0.25, 0.3) is 0 Å². The molecule has 2 heterocycles. The summed E-state index contributed by atoms with van der Waals surface area (Å²) < 4.78 is 1.12. The molecule has 2 rings (SSSR count). The van der Waals surface area contributed by atoms with Gasteiger partial charge in [-0.05, 0) is 12.8 Å². The summed E-state index contributed by atoms with van der Waals surface area (Å²) in [6.45, 7) is 3.20. The molecular weight excluding hydrogens is 164 g/mol. The molecule has 1 amide bonds. The van der Waals surface area contributed by atoms with Gasteiger partial charge in [-0.3, -0.25) is 4.79 Å². The monoisotopic (exact) mass is 183 g/mol. The Kier molecular flexibility index (Phi) is 2.28.